The van der Waals surface area contributed by atoms with Crippen LogP contribution in [0.25, 0.3) is 0 Å². The number of rotatable bonds is 10. The zero-order valence-corrected chi connectivity index (χ0v) is 17.6. The number of anilines is 1. The Balaban J connectivity index is 1.58. The van der Waals surface area contributed by atoms with Gasteiger partial charge in [-0.1, -0.05) is 12.1 Å². The summed E-state index contributed by atoms with van der Waals surface area (Å²) in [5.41, 5.74) is 3.20. The first kappa shape index (κ1) is 23.5. The maximum absolute atomic E-state index is 12.9. The summed E-state index contributed by atoms with van der Waals surface area (Å²) in [7, 11) is 0. The first-order valence-electron chi connectivity index (χ1n) is 9.87. The summed E-state index contributed by atoms with van der Waals surface area (Å²) >= 11 is 0. The van der Waals surface area contributed by atoms with E-state index in [4.69, 9.17) is 4.74 Å². The maximum atomic E-state index is 12.9. The zero-order valence-electron chi connectivity index (χ0n) is 17.6. The van der Waals surface area contributed by atoms with Crippen LogP contribution in [0.15, 0.2) is 42.9 Å². The van der Waals surface area contributed by atoms with Crippen molar-refractivity contribution in [1.82, 2.24) is 19.6 Å². The molecule has 0 saturated heterocycles. The van der Waals surface area contributed by atoms with Crippen LogP contribution < -0.4 is 5.32 Å². The van der Waals surface area contributed by atoms with Gasteiger partial charge < -0.3 is 10.1 Å². The molecule has 3 aromatic rings. The molecule has 2 heterocycles. The van der Waals surface area contributed by atoms with Crippen LogP contribution in [0.2, 0.25) is 0 Å². The van der Waals surface area contributed by atoms with Crippen LogP contribution in [0, 0.1) is 6.92 Å². The molecule has 1 amide bonds. The number of aryl methyl sites for hydroxylation is 1. The molecule has 0 aliphatic carbocycles. The molecular weight excluding hydrogens is 430 g/mol. The van der Waals surface area contributed by atoms with Crippen molar-refractivity contribution in [3.8, 4) is 0 Å². The minimum atomic E-state index is -4.22. The average molecular weight is 453 g/mol. The number of halogens is 4. The third-order valence-electron chi connectivity index (χ3n) is 4.80. The second-order valence-corrected chi connectivity index (χ2v) is 7.21. The zero-order chi connectivity index (χ0) is 23.3. The third kappa shape index (κ3) is 5.72. The van der Waals surface area contributed by atoms with Gasteiger partial charge in [-0.25, -0.2) is 8.78 Å². The van der Waals surface area contributed by atoms with Gasteiger partial charge in [0.25, 0.3) is 5.91 Å². The van der Waals surface area contributed by atoms with Crippen LogP contribution in [0.3, 0.4) is 0 Å². The average Bonchev–Trinajstić information content (AvgIpc) is 3.34. The molecule has 32 heavy (non-hydrogen) atoms. The molecule has 2 aromatic heterocycles. The number of hydrogen-bond donors (Lipinski definition) is 1. The Morgan fingerprint density at radius 2 is 2.03 bits per heavy atom. The fourth-order valence-electron chi connectivity index (χ4n) is 3.02. The third-order valence-corrected chi connectivity index (χ3v) is 4.80. The minimum absolute atomic E-state index is 0.263. The predicted molar refractivity (Wildman–Crippen MR) is 109 cm³/mol. The van der Waals surface area contributed by atoms with Crippen molar-refractivity contribution >= 4 is 11.6 Å². The lowest BCUT2D eigenvalue weighted by atomic mass is 10.1. The highest BCUT2D eigenvalue weighted by molar-refractivity contribution is 6.04. The summed E-state index contributed by atoms with van der Waals surface area (Å²) in [5.74, 6) is -4.65. The number of aromatic nitrogens is 4. The molecule has 7 nitrogen and oxygen atoms in total. The standard InChI is InChI=1S/C21H23F4N5O2/c1-3-30-14(2)17(8-27-30)10-29-11-18(9-26-29)28-19(31)16-6-4-5-15(7-16)12-32-13-21(24,25)20(22)23/h4-9,11,20H,3,10,12-13H2,1-2H3,(H,28,31). The maximum Gasteiger partial charge on any atom is 0.330 e. The predicted octanol–water partition coefficient (Wildman–Crippen LogP) is 4.13. The van der Waals surface area contributed by atoms with Gasteiger partial charge in [0, 0.05) is 29.6 Å². The van der Waals surface area contributed by atoms with E-state index >= 15 is 0 Å². The van der Waals surface area contributed by atoms with Crippen molar-refractivity contribution in [2.24, 2.45) is 0 Å². The molecule has 0 fully saturated rings. The fraction of sp³-hybridized carbons (Fsp3) is 0.381. The summed E-state index contributed by atoms with van der Waals surface area (Å²) in [6.45, 7) is 3.51. The van der Waals surface area contributed by atoms with E-state index < -0.39 is 24.9 Å². The number of nitrogens with one attached hydrogen (secondary N) is 1. The van der Waals surface area contributed by atoms with E-state index in [-0.39, 0.29) is 12.2 Å². The monoisotopic (exact) mass is 453 g/mol. The number of alkyl halides is 4. The highest BCUT2D eigenvalue weighted by Crippen LogP contribution is 2.23. The van der Waals surface area contributed by atoms with E-state index in [1.165, 1.54) is 12.3 Å². The molecule has 3 rings (SSSR count). The van der Waals surface area contributed by atoms with E-state index in [0.717, 1.165) is 17.8 Å². The van der Waals surface area contributed by atoms with Gasteiger partial charge in [-0.2, -0.15) is 19.0 Å². The second kappa shape index (κ2) is 9.94. The molecule has 0 saturated carbocycles. The summed E-state index contributed by atoms with van der Waals surface area (Å²) in [5, 5.41) is 11.3. The largest absolute Gasteiger partial charge is 0.370 e. The van der Waals surface area contributed by atoms with Crippen LogP contribution >= 0.6 is 0 Å². The van der Waals surface area contributed by atoms with E-state index in [0.29, 0.717) is 17.8 Å². The molecule has 0 unspecified atom stereocenters. The van der Waals surface area contributed by atoms with Gasteiger partial charge in [0.1, 0.15) is 6.61 Å². The number of nitrogens with zero attached hydrogens (tertiary/aromatic N) is 4. The molecular formula is C21H23F4N5O2. The van der Waals surface area contributed by atoms with Crippen molar-refractivity contribution in [1.29, 1.82) is 0 Å². The molecule has 0 atom stereocenters. The topological polar surface area (TPSA) is 74.0 Å². The van der Waals surface area contributed by atoms with E-state index in [1.54, 1.807) is 35.3 Å². The number of carbonyl (C=O) groups excluding carboxylic acids is 1. The molecule has 0 bridgehead atoms. The van der Waals surface area contributed by atoms with Gasteiger partial charge in [-0.05, 0) is 31.5 Å². The number of benzene rings is 1. The quantitative estimate of drug-likeness (QED) is 0.469. The molecule has 172 valence electrons. The normalized spacial score (nSPS) is 11.8. The highest BCUT2D eigenvalue weighted by Gasteiger charge is 2.40. The van der Waals surface area contributed by atoms with Crippen LogP contribution in [-0.2, 0) is 24.4 Å². The highest BCUT2D eigenvalue weighted by atomic mass is 19.3. The number of amides is 1. The Kier molecular flexibility index (Phi) is 7.29. The van der Waals surface area contributed by atoms with Crippen LogP contribution in [-0.4, -0.2) is 44.4 Å². The summed E-state index contributed by atoms with van der Waals surface area (Å²) < 4.78 is 58.5. The number of hydrogen-bond acceptors (Lipinski definition) is 4. The van der Waals surface area contributed by atoms with E-state index in [9.17, 15) is 22.4 Å². The van der Waals surface area contributed by atoms with Crippen molar-refractivity contribution in [2.75, 3.05) is 11.9 Å². The smallest absolute Gasteiger partial charge is 0.330 e. The Hall–Kier alpha value is -3.21. The number of carbonyl (C=O) groups is 1. The SMILES string of the molecule is CCn1ncc(Cn2cc(NC(=O)c3cccc(COCC(F)(F)C(F)F)c3)cn2)c1C. The molecule has 0 radical (unpaired) electrons. The Morgan fingerprint density at radius 3 is 2.72 bits per heavy atom. The Labute approximate surface area is 182 Å². The minimum Gasteiger partial charge on any atom is -0.370 e. The fourth-order valence-corrected chi connectivity index (χ4v) is 3.02. The Bertz CT molecular complexity index is 1060. The van der Waals surface area contributed by atoms with Gasteiger partial charge in [0.2, 0.25) is 0 Å². The molecule has 0 spiro atoms. The van der Waals surface area contributed by atoms with Crippen molar-refractivity contribution in [3.63, 3.8) is 0 Å². The van der Waals surface area contributed by atoms with Gasteiger partial charge >= 0.3 is 12.3 Å². The van der Waals surface area contributed by atoms with Crippen LogP contribution in [0.5, 0.6) is 0 Å². The van der Waals surface area contributed by atoms with E-state index in [1.807, 2.05) is 18.5 Å². The lowest BCUT2D eigenvalue weighted by Crippen LogP contribution is -2.32. The van der Waals surface area contributed by atoms with Crippen molar-refractivity contribution in [3.05, 3.63) is 65.2 Å². The lowest BCUT2D eigenvalue weighted by molar-refractivity contribution is -0.168. The number of ether oxygens (including phenoxy) is 1. The summed E-state index contributed by atoms with van der Waals surface area (Å²) in [6, 6.07) is 6.09. The van der Waals surface area contributed by atoms with Gasteiger partial charge in [0.05, 0.1) is 31.2 Å². The molecule has 1 N–H and O–H groups in total. The molecule has 0 aliphatic heterocycles. The summed E-state index contributed by atoms with van der Waals surface area (Å²) in [6.07, 6.45) is 1.17. The lowest BCUT2D eigenvalue weighted by Gasteiger charge is -2.15. The Morgan fingerprint density at radius 1 is 1.25 bits per heavy atom. The van der Waals surface area contributed by atoms with Crippen LogP contribution in [0.4, 0.5) is 23.2 Å². The summed E-state index contributed by atoms with van der Waals surface area (Å²) in [4.78, 5) is 12.5. The molecule has 0 aliphatic rings. The van der Waals surface area contributed by atoms with Crippen molar-refractivity contribution < 1.29 is 27.1 Å². The first-order valence-corrected chi connectivity index (χ1v) is 9.87. The first-order chi connectivity index (χ1) is 15.2. The van der Waals surface area contributed by atoms with Crippen molar-refractivity contribution in [2.45, 2.75) is 45.9 Å². The molecule has 11 heteroatoms. The van der Waals surface area contributed by atoms with E-state index in [2.05, 4.69) is 15.5 Å². The second-order valence-electron chi connectivity index (χ2n) is 7.21. The molecule has 1 aromatic carbocycles. The van der Waals surface area contributed by atoms with Gasteiger partial charge in [-0.15, -0.1) is 0 Å². The van der Waals surface area contributed by atoms with Crippen LogP contribution in [0.1, 0.15) is 34.1 Å². The van der Waals surface area contributed by atoms with Gasteiger partial charge in [0.15, 0.2) is 0 Å². The van der Waals surface area contributed by atoms with Gasteiger partial charge in [-0.3, -0.25) is 14.2 Å².